The minimum absolute atomic E-state index is 0.233. The van der Waals surface area contributed by atoms with Gasteiger partial charge < -0.3 is 10.2 Å². The molecule has 118 valence electrons. The van der Waals surface area contributed by atoms with E-state index in [4.69, 9.17) is 0 Å². The van der Waals surface area contributed by atoms with Crippen molar-refractivity contribution in [2.45, 2.75) is 26.2 Å². The van der Waals surface area contributed by atoms with Gasteiger partial charge >= 0.3 is 0 Å². The fourth-order valence-electron chi connectivity index (χ4n) is 2.62. The second-order valence-electron chi connectivity index (χ2n) is 5.36. The van der Waals surface area contributed by atoms with Crippen LogP contribution in [0.3, 0.4) is 0 Å². The van der Waals surface area contributed by atoms with E-state index in [-0.39, 0.29) is 12.5 Å². The van der Waals surface area contributed by atoms with Crippen LogP contribution in [0, 0.1) is 29.4 Å². The third-order valence-corrected chi connectivity index (χ3v) is 3.81. The number of piperidine rings is 1. The second kappa shape index (κ2) is 7.06. The molecule has 0 amide bonds. The molecule has 0 spiro atoms. The highest BCUT2D eigenvalue weighted by Crippen LogP contribution is 2.24. The molecule has 2 heterocycles. The van der Waals surface area contributed by atoms with Crippen molar-refractivity contribution in [3.05, 3.63) is 23.5 Å². The minimum Gasteiger partial charge on any atom is -0.380 e. The molecule has 1 saturated heterocycles. The zero-order chi connectivity index (χ0) is 15.4. The molecule has 1 aliphatic rings. The highest BCUT2D eigenvalue weighted by Gasteiger charge is 2.23. The lowest BCUT2D eigenvalue weighted by atomic mass is 9.96. The molecule has 0 bridgehead atoms. The molecular weight excluding hydrogens is 286 g/mol. The smallest absolute Gasteiger partial charge is 0.253 e. The Labute approximate surface area is 121 Å². The Morgan fingerprint density at radius 3 is 2.19 bits per heavy atom. The standard InChI is InChI=1S/C14H19F4N3/c1-2-5-21-6-3-9(4-7-21)8-19-12-10(15)13(17)20-14(18)11(12)16/h9H,2-8H2,1H3,(H,19,20). The highest BCUT2D eigenvalue weighted by atomic mass is 19.2. The van der Waals surface area contributed by atoms with Crippen LogP contribution in [0.15, 0.2) is 0 Å². The Morgan fingerprint density at radius 2 is 1.67 bits per heavy atom. The third kappa shape index (κ3) is 3.84. The largest absolute Gasteiger partial charge is 0.380 e. The lowest BCUT2D eigenvalue weighted by Gasteiger charge is -2.31. The average molecular weight is 305 g/mol. The number of likely N-dealkylation sites (tertiary alicyclic amines) is 1. The summed E-state index contributed by atoms with van der Waals surface area (Å²) in [5.41, 5.74) is -0.768. The summed E-state index contributed by atoms with van der Waals surface area (Å²) in [6, 6.07) is 0. The maximum absolute atomic E-state index is 13.4. The van der Waals surface area contributed by atoms with Crippen molar-refractivity contribution in [1.82, 2.24) is 9.88 Å². The molecule has 0 atom stereocenters. The average Bonchev–Trinajstić information content (AvgIpc) is 2.47. The first-order chi connectivity index (χ1) is 10.0. The van der Waals surface area contributed by atoms with Crippen molar-refractivity contribution in [2.75, 3.05) is 31.5 Å². The molecule has 7 heteroatoms. The first kappa shape index (κ1) is 16.0. The monoisotopic (exact) mass is 305 g/mol. The fraction of sp³-hybridized carbons (Fsp3) is 0.643. The van der Waals surface area contributed by atoms with Gasteiger partial charge in [-0.15, -0.1) is 0 Å². The third-order valence-electron chi connectivity index (χ3n) is 3.81. The first-order valence-corrected chi connectivity index (χ1v) is 7.19. The maximum atomic E-state index is 13.4. The molecule has 1 N–H and O–H groups in total. The van der Waals surface area contributed by atoms with Crippen LogP contribution in [-0.4, -0.2) is 36.1 Å². The van der Waals surface area contributed by atoms with Crippen molar-refractivity contribution < 1.29 is 17.6 Å². The minimum atomic E-state index is -1.63. The lowest BCUT2D eigenvalue weighted by molar-refractivity contribution is 0.190. The Hall–Kier alpha value is -1.37. The molecule has 0 aromatic carbocycles. The van der Waals surface area contributed by atoms with Gasteiger partial charge in [-0.25, -0.2) is 0 Å². The molecule has 3 nitrogen and oxygen atoms in total. The summed E-state index contributed by atoms with van der Waals surface area (Å²) in [4.78, 5) is 4.87. The molecule has 21 heavy (non-hydrogen) atoms. The Balaban J connectivity index is 1.93. The fourth-order valence-corrected chi connectivity index (χ4v) is 2.62. The van der Waals surface area contributed by atoms with Gasteiger partial charge in [0.2, 0.25) is 11.6 Å². The van der Waals surface area contributed by atoms with E-state index in [1.54, 1.807) is 0 Å². The molecule has 0 saturated carbocycles. The molecule has 1 aromatic rings. The molecule has 1 aromatic heterocycles. The zero-order valence-electron chi connectivity index (χ0n) is 11.9. The number of hydrogen-bond acceptors (Lipinski definition) is 3. The number of halogens is 4. The number of pyridine rings is 1. The number of nitrogens with zero attached hydrogens (tertiary/aromatic N) is 2. The number of nitrogens with one attached hydrogen (secondary N) is 1. The second-order valence-corrected chi connectivity index (χ2v) is 5.36. The predicted octanol–water partition coefficient (Wildman–Crippen LogP) is 3.17. The van der Waals surface area contributed by atoms with E-state index in [9.17, 15) is 17.6 Å². The molecule has 1 fully saturated rings. The molecular formula is C14H19F4N3. The van der Waals surface area contributed by atoms with Crippen LogP contribution in [0.25, 0.3) is 0 Å². The van der Waals surface area contributed by atoms with Crippen LogP contribution in [0.5, 0.6) is 0 Å². The van der Waals surface area contributed by atoms with E-state index in [0.717, 1.165) is 38.9 Å². The summed E-state index contributed by atoms with van der Waals surface area (Å²) in [5.74, 6) is -5.98. The SMILES string of the molecule is CCCN1CCC(CNc2c(F)c(F)nc(F)c2F)CC1. The predicted molar refractivity (Wildman–Crippen MR) is 72.0 cm³/mol. The van der Waals surface area contributed by atoms with Gasteiger partial charge in [0.1, 0.15) is 5.69 Å². The van der Waals surface area contributed by atoms with Crippen molar-refractivity contribution in [3.8, 4) is 0 Å². The highest BCUT2D eigenvalue weighted by molar-refractivity contribution is 5.45. The molecule has 0 aliphatic carbocycles. The van der Waals surface area contributed by atoms with Gasteiger partial charge in [-0.05, 0) is 44.8 Å². The summed E-state index contributed by atoms with van der Waals surface area (Å²) in [5, 5.41) is 2.49. The Bertz CT molecular complexity index is 461. The van der Waals surface area contributed by atoms with Gasteiger partial charge in [-0.2, -0.15) is 22.5 Å². The van der Waals surface area contributed by atoms with E-state index >= 15 is 0 Å². The summed E-state index contributed by atoms with van der Waals surface area (Å²) < 4.78 is 52.9. The molecule has 1 aliphatic heterocycles. The van der Waals surface area contributed by atoms with Crippen LogP contribution >= 0.6 is 0 Å². The Kier molecular flexibility index (Phi) is 5.39. The lowest BCUT2D eigenvalue weighted by Crippen LogP contribution is -2.36. The van der Waals surface area contributed by atoms with Gasteiger partial charge in [0.25, 0.3) is 11.9 Å². The van der Waals surface area contributed by atoms with Gasteiger partial charge in [0.05, 0.1) is 0 Å². The summed E-state index contributed by atoms with van der Waals surface area (Å²) in [6.45, 7) is 5.32. The van der Waals surface area contributed by atoms with Gasteiger partial charge in [0.15, 0.2) is 0 Å². The van der Waals surface area contributed by atoms with E-state index in [0.29, 0.717) is 0 Å². The Morgan fingerprint density at radius 1 is 1.10 bits per heavy atom. The van der Waals surface area contributed by atoms with Gasteiger partial charge in [0, 0.05) is 6.54 Å². The van der Waals surface area contributed by atoms with Crippen molar-refractivity contribution in [2.24, 2.45) is 5.92 Å². The zero-order valence-corrected chi connectivity index (χ0v) is 11.9. The molecule has 2 rings (SSSR count). The van der Waals surface area contributed by atoms with Crippen molar-refractivity contribution in [1.29, 1.82) is 0 Å². The van der Waals surface area contributed by atoms with Crippen LogP contribution < -0.4 is 5.32 Å². The first-order valence-electron chi connectivity index (χ1n) is 7.19. The molecule has 0 unspecified atom stereocenters. The topological polar surface area (TPSA) is 28.2 Å². The van der Waals surface area contributed by atoms with Gasteiger partial charge in [-0.1, -0.05) is 6.92 Å². The summed E-state index contributed by atoms with van der Waals surface area (Å²) >= 11 is 0. The molecule has 0 radical (unpaired) electrons. The van der Waals surface area contributed by atoms with E-state index in [2.05, 4.69) is 22.1 Å². The van der Waals surface area contributed by atoms with Crippen LogP contribution in [0.2, 0.25) is 0 Å². The number of hydrogen-bond donors (Lipinski definition) is 1. The number of anilines is 1. The van der Waals surface area contributed by atoms with Crippen LogP contribution in [0.4, 0.5) is 23.2 Å². The normalized spacial score (nSPS) is 17.2. The van der Waals surface area contributed by atoms with E-state index < -0.39 is 29.2 Å². The maximum Gasteiger partial charge on any atom is 0.253 e. The van der Waals surface area contributed by atoms with Crippen LogP contribution in [-0.2, 0) is 0 Å². The van der Waals surface area contributed by atoms with Gasteiger partial charge in [-0.3, -0.25) is 0 Å². The van der Waals surface area contributed by atoms with E-state index in [1.165, 1.54) is 0 Å². The summed E-state index contributed by atoms with van der Waals surface area (Å²) in [7, 11) is 0. The quantitative estimate of drug-likeness (QED) is 0.669. The number of aromatic nitrogens is 1. The van der Waals surface area contributed by atoms with Crippen molar-refractivity contribution >= 4 is 5.69 Å². The van der Waals surface area contributed by atoms with E-state index in [1.807, 2.05) is 0 Å². The summed E-state index contributed by atoms with van der Waals surface area (Å²) in [6.07, 6.45) is 2.88. The number of rotatable bonds is 5. The van der Waals surface area contributed by atoms with Crippen molar-refractivity contribution in [3.63, 3.8) is 0 Å². The van der Waals surface area contributed by atoms with Crippen LogP contribution in [0.1, 0.15) is 26.2 Å².